The lowest BCUT2D eigenvalue weighted by Gasteiger charge is -2.32. The molecule has 2 N–H and O–H groups in total. The van der Waals surface area contributed by atoms with Crippen LogP contribution in [0.2, 0.25) is 0 Å². The van der Waals surface area contributed by atoms with E-state index in [-0.39, 0.29) is 6.10 Å². The number of thiazole rings is 1. The van der Waals surface area contributed by atoms with E-state index in [0.29, 0.717) is 12.6 Å². The van der Waals surface area contributed by atoms with Crippen molar-refractivity contribution in [3.63, 3.8) is 0 Å². The van der Waals surface area contributed by atoms with Gasteiger partial charge in [-0.05, 0) is 25.8 Å². The van der Waals surface area contributed by atoms with Crippen LogP contribution < -0.4 is 10.2 Å². The van der Waals surface area contributed by atoms with E-state index in [1.807, 2.05) is 11.6 Å². The first-order valence-electron chi connectivity index (χ1n) is 6.84. The molecule has 1 aliphatic rings. The quantitative estimate of drug-likeness (QED) is 0.785. The SMILES string of the molecule is COCC(O)CCNC1CCN(c2nccs2)CC1. The van der Waals surface area contributed by atoms with Gasteiger partial charge in [0, 0.05) is 37.8 Å². The average Bonchev–Trinajstić information content (AvgIpc) is 2.94. The maximum atomic E-state index is 9.57. The fourth-order valence-electron chi connectivity index (χ4n) is 2.38. The zero-order chi connectivity index (χ0) is 13.5. The van der Waals surface area contributed by atoms with Crippen LogP contribution in [0.25, 0.3) is 0 Å². The van der Waals surface area contributed by atoms with E-state index >= 15 is 0 Å². The van der Waals surface area contributed by atoms with E-state index in [4.69, 9.17) is 4.74 Å². The van der Waals surface area contributed by atoms with E-state index < -0.39 is 0 Å². The summed E-state index contributed by atoms with van der Waals surface area (Å²) in [7, 11) is 1.62. The van der Waals surface area contributed by atoms with Crippen LogP contribution in [0, 0.1) is 0 Å². The molecular weight excluding hydrogens is 262 g/mol. The summed E-state index contributed by atoms with van der Waals surface area (Å²) in [4.78, 5) is 6.70. The number of methoxy groups -OCH3 is 1. The number of aromatic nitrogens is 1. The zero-order valence-corrected chi connectivity index (χ0v) is 12.2. The Hall–Kier alpha value is -0.690. The second-order valence-electron chi connectivity index (χ2n) is 4.93. The van der Waals surface area contributed by atoms with Crippen molar-refractivity contribution < 1.29 is 9.84 Å². The fourth-order valence-corrected chi connectivity index (χ4v) is 3.07. The van der Waals surface area contributed by atoms with Gasteiger partial charge < -0.3 is 20.1 Å². The van der Waals surface area contributed by atoms with Gasteiger partial charge in [0.25, 0.3) is 0 Å². The Morgan fingerprint density at radius 2 is 2.37 bits per heavy atom. The number of piperidine rings is 1. The molecular formula is C13H23N3O2S. The molecule has 5 nitrogen and oxygen atoms in total. The number of hydrogen-bond acceptors (Lipinski definition) is 6. The Balaban J connectivity index is 1.61. The Labute approximate surface area is 118 Å². The summed E-state index contributed by atoms with van der Waals surface area (Å²) in [6.45, 7) is 3.40. The molecule has 1 aromatic rings. The number of rotatable bonds is 7. The van der Waals surface area contributed by atoms with Gasteiger partial charge in [0.1, 0.15) is 0 Å². The summed E-state index contributed by atoms with van der Waals surface area (Å²) in [5, 5.41) is 16.2. The number of nitrogens with zero attached hydrogens (tertiary/aromatic N) is 2. The fraction of sp³-hybridized carbons (Fsp3) is 0.769. The molecule has 1 aromatic heterocycles. The zero-order valence-electron chi connectivity index (χ0n) is 11.4. The molecule has 0 bridgehead atoms. The highest BCUT2D eigenvalue weighted by molar-refractivity contribution is 7.13. The third-order valence-electron chi connectivity index (χ3n) is 3.45. The predicted molar refractivity (Wildman–Crippen MR) is 77.9 cm³/mol. The smallest absolute Gasteiger partial charge is 0.185 e. The molecule has 108 valence electrons. The van der Waals surface area contributed by atoms with Gasteiger partial charge in [-0.25, -0.2) is 4.98 Å². The van der Waals surface area contributed by atoms with Crippen molar-refractivity contribution in [2.45, 2.75) is 31.4 Å². The third-order valence-corrected chi connectivity index (χ3v) is 4.29. The van der Waals surface area contributed by atoms with Crippen molar-refractivity contribution in [2.75, 3.05) is 38.3 Å². The molecule has 0 spiro atoms. The predicted octanol–water partition coefficient (Wildman–Crippen LogP) is 1.10. The van der Waals surface area contributed by atoms with Gasteiger partial charge in [-0.2, -0.15) is 0 Å². The van der Waals surface area contributed by atoms with E-state index in [0.717, 1.165) is 44.0 Å². The van der Waals surface area contributed by atoms with Gasteiger partial charge in [-0.15, -0.1) is 11.3 Å². The molecule has 0 radical (unpaired) electrons. The Bertz CT molecular complexity index is 340. The Morgan fingerprint density at radius 1 is 1.58 bits per heavy atom. The maximum absolute atomic E-state index is 9.57. The van der Waals surface area contributed by atoms with Crippen molar-refractivity contribution in [1.29, 1.82) is 0 Å². The third kappa shape index (κ3) is 4.72. The summed E-state index contributed by atoms with van der Waals surface area (Å²) in [6, 6.07) is 0.561. The van der Waals surface area contributed by atoms with Gasteiger partial charge >= 0.3 is 0 Å². The summed E-state index contributed by atoms with van der Waals surface area (Å²) in [5.74, 6) is 0. The molecule has 1 fully saturated rings. The summed E-state index contributed by atoms with van der Waals surface area (Å²) in [5.41, 5.74) is 0. The summed E-state index contributed by atoms with van der Waals surface area (Å²) < 4.78 is 4.91. The molecule has 6 heteroatoms. The topological polar surface area (TPSA) is 57.6 Å². The van der Waals surface area contributed by atoms with E-state index in [1.54, 1.807) is 18.4 Å². The van der Waals surface area contributed by atoms with Crippen LogP contribution in [0.1, 0.15) is 19.3 Å². The van der Waals surface area contributed by atoms with Gasteiger partial charge in [0.2, 0.25) is 0 Å². The van der Waals surface area contributed by atoms with Crippen LogP contribution in [-0.4, -0.2) is 55.6 Å². The van der Waals surface area contributed by atoms with Crippen LogP contribution >= 0.6 is 11.3 Å². The number of anilines is 1. The van der Waals surface area contributed by atoms with Crippen molar-refractivity contribution in [3.05, 3.63) is 11.6 Å². The number of ether oxygens (including phenoxy) is 1. The second kappa shape index (κ2) is 7.79. The normalized spacial score (nSPS) is 18.7. The first-order chi connectivity index (χ1) is 9.29. The van der Waals surface area contributed by atoms with Crippen molar-refractivity contribution in [1.82, 2.24) is 10.3 Å². The molecule has 0 amide bonds. The number of nitrogens with one attached hydrogen (secondary N) is 1. The van der Waals surface area contributed by atoms with Gasteiger partial charge in [-0.3, -0.25) is 0 Å². The molecule has 0 aliphatic carbocycles. The molecule has 1 saturated heterocycles. The summed E-state index contributed by atoms with van der Waals surface area (Å²) in [6.07, 6.45) is 4.54. The van der Waals surface area contributed by atoms with Crippen LogP contribution in [0.4, 0.5) is 5.13 Å². The average molecular weight is 285 g/mol. The molecule has 1 unspecified atom stereocenters. The second-order valence-corrected chi connectivity index (χ2v) is 5.80. The largest absolute Gasteiger partial charge is 0.391 e. The highest BCUT2D eigenvalue weighted by Gasteiger charge is 2.20. The number of aliphatic hydroxyl groups excluding tert-OH is 1. The maximum Gasteiger partial charge on any atom is 0.185 e. The molecule has 1 aliphatic heterocycles. The van der Waals surface area contributed by atoms with Gasteiger partial charge in [0.05, 0.1) is 12.7 Å². The van der Waals surface area contributed by atoms with E-state index in [2.05, 4.69) is 15.2 Å². The minimum atomic E-state index is -0.354. The first-order valence-corrected chi connectivity index (χ1v) is 7.72. The van der Waals surface area contributed by atoms with Crippen LogP contribution in [-0.2, 0) is 4.74 Å². The summed E-state index contributed by atoms with van der Waals surface area (Å²) >= 11 is 1.71. The lowest BCUT2D eigenvalue weighted by Crippen LogP contribution is -2.43. The van der Waals surface area contributed by atoms with E-state index in [9.17, 15) is 5.11 Å². The van der Waals surface area contributed by atoms with E-state index in [1.165, 1.54) is 0 Å². The highest BCUT2D eigenvalue weighted by atomic mass is 32.1. The van der Waals surface area contributed by atoms with Crippen LogP contribution in [0.5, 0.6) is 0 Å². The minimum absolute atomic E-state index is 0.354. The Morgan fingerprint density at radius 3 is 3.00 bits per heavy atom. The number of hydrogen-bond donors (Lipinski definition) is 2. The van der Waals surface area contributed by atoms with Crippen molar-refractivity contribution in [2.24, 2.45) is 0 Å². The minimum Gasteiger partial charge on any atom is -0.391 e. The lowest BCUT2D eigenvalue weighted by atomic mass is 10.1. The van der Waals surface area contributed by atoms with Gasteiger partial charge in [0.15, 0.2) is 5.13 Å². The molecule has 2 rings (SSSR count). The molecule has 19 heavy (non-hydrogen) atoms. The van der Waals surface area contributed by atoms with Crippen LogP contribution in [0.3, 0.4) is 0 Å². The van der Waals surface area contributed by atoms with Gasteiger partial charge in [-0.1, -0.05) is 0 Å². The van der Waals surface area contributed by atoms with Crippen molar-refractivity contribution in [3.8, 4) is 0 Å². The highest BCUT2D eigenvalue weighted by Crippen LogP contribution is 2.21. The standard InChI is InChI=1S/C13H23N3O2S/c1-18-10-12(17)2-5-14-11-3-7-16(8-4-11)13-15-6-9-19-13/h6,9,11-12,14,17H,2-5,7-8,10H2,1H3. The molecule has 1 atom stereocenters. The van der Waals surface area contributed by atoms with Crippen LogP contribution in [0.15, 0.2) is 11.6 Å². The monoisotopic (exact) mass is 285 g/mol. The lowest BCUT2D eigenvalue weighted by molar-refractivity contribution is 0.0588. The number of aliphatic hydroxyl groups is 1. The molecule has 0 aromatic carbocycles. The Kier molecular flexibility index (Phi) is 6.03. The molecule has 2 heterocycles. The first kappa shape index (κ1) is 14.7. The molecule has 0 saturated carbocycles. The van der Waals surface area contributed by atoms with Crippen molar-refractivity contribution >= 4 is 16.5 Å².